The van der Waals surface area contributed by atoms with Crippen molar-refractivity contribution in [3.63, 3.8) is 0 Å². The lowest BCUT2D eigenvalue weighted by Gasteiger charge is -2.39. The smallest absolute Gasteiger partial charge is 0.178 e. The summed E-state index contributed by atoms with van der Waals surface area (Å²) in [6.45, 7) is 3.34. The fraction of sp³-hybridized carbons (Fsp3) is 0.538. The van der Waals surface area contributed by atoms with Gasteiger partial charge in [-0.15, -0.1) is 0 Å². The summed E-state index contributed by atoms with van der Waals surface area (Å²) >= 11 is 0. The Morgan fingerprint density at radius 2 is 2.11 bits per heavy atom. The van der Waals surface area contributed by atoms with Gasteiger partial charge in [0.2, 0.25) is 0 Å². The van der Waals surface area contributed by atoms with Gasteiger partial charge in [0.25, 0.3) is 0 Å². The van der Waals surface area contributed by atoms with Gasteiger partial charge in [-0.3, -0.25) is 0 Å². The van der Waals surface area contributed by atoms with Crippen molar-refractivity contribution in [2.45, 2.75) is 30.2 Å². The molecule has 0 aliphatic carbocycles. The van der Waals surface area contributed by atoms with E-state index in [-0.39, 0.29) is 5.75 Å². The standard InChI is InChI=1S/C13H20N2O2S/c1-2-8-15-13(10-14)7-9-18(16,17)12-6-4-3-5-11(12)13/h3-6,15H,2,7-10,14H2,1H3. The molecule has 1 atom stereocenters. The Bertz CT molecular complexity index is 528. The summed E-state index contributed by atoms with van der Waals surface area (Å²) in [6, 6.07) is 7.20. The molecule has 100 valence electrons. The number of fused-ring (bicyclic) bond motifs is 1. The zero-order chi connectivity index (χ0) is 13.2. The monoisotopic (exact) mass is 268 g/mol. The number of sulfone groups is 1. The molecule has 0 aromatic heterocycles. The largest absolute Gasteiger partial charge is 0.328 e. The van der Waals surface area contributed by atoms with E-state index in [1.54, 1.807) is 12.1 Å². The van der Waals surface area contributed by atoms with Crippen molar-refractivity contribution < 1.29 is 8.42 Å². The predicted octanol–water partition coefficient (Wildman–Crippen LogP) is 1.02. The second-order valence-electron chi connectivity index (χ2n) is 4.78. The summed E-state index contributed by atoms with van der Waals surface area (Å²) < 4.78 is 24.2. The van der Waals surface area contributed by atoms with Crippen molar-refractivity contribution in [3.8, 4) is 0 Å². The van der Waals surface area contributed by atoms with Crippen LogP contribution in [0.5, 0.6) is 0 Å². The summed E-state index contributed by atoms with van der Waals surface area (Å²) in [6.07, 6.45) is 1.54. The second kappa shape index (κ2) is 4.99. The van der Waals surface area contributed by atoms with E-state index in [1.165, 1.54) is 0 Å². The van der Waals surface area contributed by atoms with Crippen molar-refractivity contribution in [1.29, 1.82) is 0 Å². The summed E-state index contributed by atoms with van der Waals surface area (Å²) in [5.41, 5.74) is 6.36. The number of benzene rings is 1. The van der Waals surface area contributed by atoms with Crippen LogP contribution in [-0.4, -0.2) is 27.3 Å². The molecule has 0 fully saturated rings. The van der Waals surface area contributed by atoms with Crippen molar-refractivity contribution in [2.24, 2.45) is 5.73 Å². The van der Waals surface area contributed by atoms with E-state index in [2.05, 4.69) is 12.2 Å². The van der Waals surface area contributed by atoms with Gasteiger partial charge in [0.05, 0.1) is 16.2 Å². The first-order chi connectivity index (χ1) is 8.56. The molecule has 0 radical (unpaired) electrons. The van der Waals surface area contributed by atoms with Gasteiger partial charge in [-0.2, -0.15) is 0 Å². The third-order valence-electron chi connectivity index (χ3n) is 3.60. The minimum atomic E-state index is -3.14. The van der Waals surface area contributed by atoms with Crippen LogP contribution in [0.2, 0.25) is 0 Å². The van der Waals surface area contributed by atoms with E-state index < -0.39 is 15.4 Å². The lowest BCUT2D eigenvalue weighted by Crippen LogP contribution is -2.52. The molecule has 4 nitrogen and oxygen atoms in total. The maximum atomic E-state index is 12.1. The molecule has 1 heterocycles. The van der Waals surface area contributed by atoms with Crippen LogP contribution in [0.25, 0.3) is 0 Å². The van der Waals surface area contributed by atoms with Crippen molar-refractivity contribution in [3.05, 3.63) is 29.8 Å². The second-order valence-corrected chi connectivity index (χ2v) is 6.86. The van der Waals surface area contributed by atoms with Gasteiger partial charge in [0.15, 0.2) is 9.84 Å². The van der Waals surface area contributed by atoms with Gasteiger partial charge >= 0.3 is 0 Å². The zero-order valence-corrected chi connectivity index (χ0v) is 11.5. The Kier molecular flexibility index (Phi) is 3.75. The van der Waals surface area contributed by atoms with Crippen LogP contribution < -0.4 is 11.1 Å². The Hall–Kier alpha value is -0.910. The maximum Gasteiger partial charge on any atom is 0.178 e. The zero-order valence-electron chi connectivity index (χ0n) is 10.6. The normalized spacial score (nSPS) is 25.7. The summed E-state index contributed by atoms with van der Waals surface area (Å²) in [7, 11) is -3.14. The van der Waals surface area contributed by atoms with Gasteiger partial charge in [-0.05, 0) is 31.0 Å². The average Bonchev–Trinajstić information content (AvgIpc) is 2.39. The fourth-order valence-electron chi connectivity index (χ4n) is 2.52. The van der Waals surface area contributed by atoms with E-state index in [0.717, 1.165) is 18.5 Å². The first-order valence-electron chi connectivity index (χ1n) is 6.33. The molecule has 1 aromatic rings. The van der Waals surface area contributed by atoms with E-state index >= 15 is 0 Å². The maximum absolute atomic E-state index is 12.1. The summed E-state index contributed by atoms with van der Waals surface area (Å²) in [5, 5.41) is 3.44. The van der Waals surface area contributed by atoms with E-state index in [0.29, 0.717) is 17.9 Å². The molecule has 0 saturated heterocycles. The van der Waals surface area contributed by atoms with E-state index in [4.69, 9.17) is 5.73 Å². The molecular formula is C13H20N2O2S. The molecule has 0 amide bonds. The van der Waals surface area contributed by atoms with Crippen LogP contribution in [0.1, 0.15) is 25.3 Å². The van der Waals surface area contributed by atoms with Crippen LogP contribution in [0, 0.1) is 0 Å². The lowest BCUT2D eigenvalue weighted by atomic mass is 9.86. The topological polar surface area (TPSA) is 72.2 Å². The molecule has 18 heavy (non-hydrogen) atoms. The minimum absolute atomic E-state index is 0.165. The highest BCUT2D eigenvalue weighted by atomic mass is 32.2. The number of nitrogens with one attached hydrogen (secondary N) is 1. The first-order valence-corrected chi connectivity index (χ1v) is 7.98. The Morgan fingerprint density at radius 3 is 2.78 bits per heavy atom. The Morgan fingerprint density at radius 1 is 1.39 bits per heavy atom. The molecule has 1 aliphatic heterocycles. The molecule has 1 unspecified atom stereocenters. The van der Waals surface area contributed by atoms with Gasteiger partial charge in [0.1, 0.15) is 0 Å². The summed E-state index contributed by atoms with van der Waals surface area (Å²) in [5.74, 6) is 0.165. The molecule has 0 saturated carbocycles. The van der Waals surface area contributed by atoms with Crippen LogP contribution in [0.3, 0.4) is 0 Å². The first kappa shape index (κ1) is 13.5. The molecule has 1 aliphatic rings. The van der Waals surface area contributed by atoms with E-state index in [1.807, 2.05) is 12.1 Å². The highest BCUT2D eigenvalue weighted by Gasteiger charge is 2.40. The molecule has 5 heteroatoms. The SMILES string of the molecule is CCCNC1(CN)CCS(=O)(=O)c2ccccc21. The molecule has 0 spiro atoms. The molecular weight excluding hydrogens is 248 g/mol. The van der Waals surface area contributed by atoms with Gasteiger partial charge < -0.3 is 11.1 Å². The van der Waals surface area contributed by atoms with E-state index in [9.17, 15) is 8.42 Å². The molecule has 2 rings (SSSR count). The van der Waals surface area contributed by atoms with Crippen LogP contribution in [-0.2, 0) is 15.4 Å². The van der Waals surface area contributed by atoms with Gasteiger partial charge in [-0.1, -0.05) is 25.1 Å². The lowest BCUT2D eigenvalue weighted by molar-refractivity contribution is 0.318. The third kappa shape index (κ3) is 2.18. The number of rotatable bonds is 4. The van der Waals surface area contributed by atoms with Crippen molar-refractivity contribution >= 4 is 9.84 Å². The highest BCUT2D eigenvalue weighted by molar-refractivity contribution is 7.91. The summed E-state index contributed by atoms with van der Waals surface area (Å²) in [4.78, 5) is 0.435. The van der Waals surface area contributed by atoms with Crippen molar-refractivity contribution in [2.75, 3.05) is 18.8 Å². The molecule has 1 aromatic carbocycles. The Labute approximate surface area is 108 Å². The molecule has 3 N–H and O–H groups in total. The Balaban J connectivity index is 2.52. The van der Waals surface area contributed by atoms with Crippen LogP contribution in [0.4, 0.5) is 0 Å². The molecule has 0 bridgehead atoms. The van der Waals surface area contributed by atoms with Crippen LogP contribution in [0.15, 0.2) is 29.2 Å². The average molecular weight is 268 g/mol. The van der Waals surface area contributed by atoms with Crippen LogP contribution >= 0.6 is 0 Å². The van der Waals surface area contributed by atoms with Gasteiger partial charge in [0, 0.05) is 6.54 Å². The number of nitrogens with two attached hydrogens (primary N) is 1. The predicted molar refractivity (Wildman–Crippen MR) is 72.1 cm³/mol. The quantitative estimate of drug-likeness (QED) is 0.855. The van der Waals surface area contributed by atoms with Gasteiger partial charge in [-0.25, -0.2) is 8.42 Å². The third-order valence-corrected chi connectivity index (χ3v) is 5.36. The number of hydrogen-bond donors (Lipinski definition) is 2. The highest BCUT2D eigenvalue weighted by Crippen LogP contribution is 2.36. The number of hydrogen-bond acceptors (Lipinski definition) is 4. The minimum Gasteiger partial charge on any atom is -0.328 e. The van der Waals surface area contributed by atoms with Crippen molar-refractivity contribution in [1.82, 2.24) is 5.32 Å². The fourth-order valence-corrected chi connectivity index (χ4v) is 4.24.